The van der Waals surface area contributed by atoms with Gasteiger partial charge in [0.25, 0.3) is 0 Å². The largest absolute Gasteiger partial charge is 0.465 e. The highest BCUT2D eigenvalue weighted by Gasteiger charge is 2.30. The smallest absolute Gasteiger partial charge is 0.339 e. The van der Waals surface area contributed by atoms with Gasteiger partial charge in [-0.3, -0.25) is 4.79 Å². The number of rotatable bonds is 5. The van der Waals surface area contributed by atoms with Gasteiger partial charge in [0.1, 0.15) is 0 Å². The van der Waals surface area contributed by atoms with Gasteiger partial charge in [0, 0.05) is 0 Å². The lowest BCUT2D eigenvalue weighted by molar-refractivity contribution is 0.0227. The van der Waals surface area contributed by atoms with Crippen molar-refractivity contribution in [3.8, 4) is 0 Å². The monoisotopic (exact) mass is 296 g/mol. The summed E-state index contributed by atoms with van der Waals surface area (Å²) in [6.07, 6.45) is 1.60. The van der Waals surface area contributed by atoms with E-state index in [-0.39, 0.29) is 11.5 Å². The van der Waals surface area contributed by atoms with Crippen molar-refractivity contribution < 1.29 is 23.2 Å². The van der Waals surface area contributed by atoms with Crippen molar-refractivity contribution in [3.63, 3.8) is 0 Å². The molecule has 0 fully saturated rings. The van der Waals surface area contributed by atoms with Crippen LogP contribution in [0.25, 0.3) is 0 Å². The number of furan rings is 2. The molecule has 3 aromatic rings. The first-order valence-corrected chi connectivity index (χ1v) is 6.63. The molecular weight excluding hydrogens is 284 g/mol. The number of ether oxygens (including phenoxy) is 1. The van der Waals surface area contributed by atoms with E-state index in [4.69, 9.17) is 13.6 Å². The topological polar surface area (TPSA) is 69.7 Å². The predicted molar refractivity (Wildman–Crippen MR) is 76.3 cm³/mol. The fraction of sp³-hybridized carbons (Fsp3) is 0.0588. The molecule has 5 heteroatoms. The quantitative estimate of drug-likeness (QED) is 0.531. The van der Waals surface area contributed by atoms with Crippen LogP contribution in [-0.4, -0.2) is 11.8 Å². The molecule has 0 spiro atoms. The highest BCUT2D eigenvalue weighted by Crippen LogP contribution is 2.24. The standard InChI is InChI=1S/C17H12O5/c18-15(13-8-4-10-20-13)16(14-9-5-11-21-14)22-17(19)12-6-2-1-3-7-12/h1-11,16H. The van der Waals surface area contributed by atoms with E-state index in [1.54, 1.807) is 48.5 Å². The lowest BCUT2D eigenvalue weighted by Crippen LogP contribution is -2.19. The van der Waals surface area contributed by atoms with Gasteiger partial charge in [-0.1, -0.05) is 18.2 Å². The number of hydrogen-bond acceptors (Lipinski definition) is 5. The van der Waals surface area contributed by atoms with Gasteiger partial charge in [0.15, 0.2) is 11.5 Å². The maximum absolute atomic E-state index is 12.4. The zero-order valence-electron chi connectivity index (χ0n) is 11.5. The van der Waals surface area contributed by atoms with Crippen LogP contribution in [0.4, 0.5) is 0 Å². The van der Waals surface area contributed by atoms with Crippen LogP contribution in [-0.2, 0) is 4.74 Å². The maximum Gasteiger partial charge on any atom is 0.339 e. The van der Waals surface area contributed by atoms with Gasteiger partial charge in [-0.25, -0.2) is 4.79 Å². The van der Waals surface area contributed by atoms with Gasteiger partial charge in [-0.05, 0) is 36.4 Å². The molecule has 0 aliphatic heterocycles. The number of esters is 1. The first kappa shape index (κ1) is 13.9. The molecule has 3 rings (SSSR count). The van der Waals surface area contributed by atoms with Crippen molar-refractivity contribution in [3.05, 3.63) is 84.2 Å². The van der Waals surface area contributed by atoms with Crippen molar-refractivity contribution in [1.82, 2.24) is 0 Å². The second-order valence-electron chi connectivity index (χ2n) is 4.51. The number of ketones is 1. The Balaban J connectivity index is 1.87. The Hall–Kier alpha value is -3.08. The molecular formula is C17H12O5. The molecule has 0 saturated heterocycles. The third-order valence-corrected chi connectivity index (χ3v) is 3.04. The van der Waals surface area contributed by atoms with Crippen molar-refractivity contribution >= 4 is 11.8 Å². The van der Waals surface area contributed by atoms with Crippen LogP contribution in [0.5, 0.6) is 0 Å². The first-order valence-electron chi connectivity index (χ1n) is 6.63. The second-order valence-corrected chi connectivity index (χ2v) is 4.51. The zero-order chi connectivity index (χ0) is 15.4. The summed E-state index contributed by atoms with van der Waals surface area (Å²) in [5, 5.41) is 0. The van der Waals surface area contributed by atoms with Crippen molar-refractivity contribution in [2.45, 2.75) is 6.10 Å². The first-order chi connectivity index (χ1) is 10.8. The molecule has 110 valence electrons. The van der Waals surface area contributed by atoms with Crippen molar-refractivity contribution in [2.75, 3.05) is 0 Å². The van der Waals surface area contributed by atoms with Crippen molar-refractivity contribution in [2.24, 2.45) is 0 Å². The summed E-state index contributed by atoms with van der Waals surface area (Å²) in [4.78, 5) is 24.6. The second kappa shape index (κ2) is 6.13. The van der Waals surface area contributed by atoms with E-state index in [1.165, 1.54) is 18.6 Å². The molecule has 22 heavy (non-hydrogen) atoms. The summed E-state index contributed by atoms with van der Waals surface area (Å²) in [5.41, 5.74) is 0.353. The molecule has 0 N–H and O–H groups in total. The molecule has 1 atom stereocenters. The minimum atomic E-state index is -1.19. The fourth-order valence-corrected chi connectivity index (χ4v) is 1.98. The Morgan fingerprint density at radius 1 is 0.864 bits per heavy atom. The Bertz CT molecular complexity index is 742. The molecule has 0 bridgehead atoms. The van der Waals surface area contributed by atoms with Crippen LogP contribution in [0.1, 0.15) is 32.8 Å². The van der Waals surface area contributed by atoms with E-state index in [0.717, 1.165) is 0 Å². The summed E-state index contributed by atoms with van der Waals surface area (Å²) in [7, 11) is 0. The van der Waals surface area contributed by atoms with Crippen LogP contribution in [0.15, 0.2) is 76.0 Å². The molecule has 0 saturated carbocycles. The van der Waals surface area contributed by atoms with Crippen LogP contribution in [0.3, 0.4) is 0 Å². The summed E-state index contributed by atoms with van der Waals surface area (Å²) in [6.45, 7) is 0. The average Bonchev–Trinajstić information content (AvgIpc) is 3.25. The Labute approximate surface area is 126 Å². The molecule has 2 aromatic heterocycles. The lowest BCUT2D eigenvalue weighted by atomic mass is 10.1. The van der Waals surface area contributed by atoms with Gasteiger partial charge in [-0.15, -0.1) is 0 Å². The van der Waals surface area contributed by atoms with Gasteiger partial charge < -0.3 is 13.6 Å². The van der Waals surface area contributed by atoms with Crippen LogP contribution in [0.2, 0.25) is 0 Å². The Morgan fingerprint density at radius 3 is 2.23 bits per heavy atom. The van der Waals surface area contributed by atoms with Gasteiger partial charge in [0.2, 0.25) is 11.9 Å². The molecule has 0 amide bonds. The molecule has 5 nitrogen and oxygen atoms in total. The van der Waals surface area contributed by atoms with Gasteiger partial charge in [0.05, 0.1) is 18.1 Å². The summed E-state index contributed by atoms with van der Waals surface area (Å²) < 4.78 is 15.6. The van der Waals surface area contributed by atoms with E-state index < -0.39 is 17.9 Å². The van der Waals surface area contributed by atoms with E-state index >= 15 is 0 Å². The van der Waals surface area contributed by atoms with E-state index in [0.29, 0.717) is 5.56 Å². The fourth-order valence-electron chi connectivity index (χ4n) is 1.98. The number of carbonyl (C=O) groups is 2. The minimum Gasteiger partial charge on any atom is -0.465 e. The normalized spacial score (nSPS) is 11.8. The number of hydrogen-bond donors (Lipinski definition) is 0. The average molecular weight is 296 g/mol. The summed E-state index contributed by atoms with van der Waals surface area (Å²) >= 11 is 0. The maximum atomic E-state index is 12.4. The van der Waals surface area contributed by atoms with E-state index in [2.05, 4.69) is 0 Å². The third kappa shape index (κ3) is 2.83. The molecule has 1 aromatic carbocycles. The van der Waals surface area contributed by atoms with E-state index in [9.17, 15) is 9.59 Å². The minimum absolute atomic E-state index is 0.0993. The highest BCUT2D eigenvalue weighted by molar-refractivity contribution is 5.99. The predicted octanol–water partition coefficient (Wildman–Crippen LogP) is 3.65. The summed E-state index contributed by atoms with van der Waals surface area (Å²) in [5.74, 6) is -0.751. The van der Waals surface area contributed by atoms with Crippen LogP contribution < -0.4 is 0 Å². The molecule has 1 unspecified atom stereocenters. The summed E-state index contributed by atoms with van der Waals surface area (Å²) in [6, 6.07) is 14.7. The third-order valence-electron chi connectivity index (χ3n) is 3.04. The van der Waals surface area contributed by atoms with Crippen LogP contribution >= 0.6 is 0 Å². The lowest BCUT2D eigenvalue weighted by Gasteiger charge is -2.13. The van der Waals surface area contributed by atoms with Gasteiger partial charge in [-0.2, -0.15) is 0 Å². The number of Topliss-reactive ketones (excluding diaryl/α,β-unsaturated/α-hetero) is 1. The highest BCUT2D eigenvalue weighted by atomic mass is 16.6. The zero-order valence-corrected chi connectivity index (χ0v) is 11.5. The Kier molecular flexibility index (Phi) is 3.87. The number of benzene rings is 1. The molecule has 2 heterocycles. The SMILES string of the molecule is O=C(OC(C(=O)c1ccco1)c1ccco1)c1ccccc1. The molecule has 0 radical (unpaired) electrons. The number of carbonyl (C=O) groups excluding carboxylic acids is 2. The van der Waals surface area contributed by atoms with E-state index in [1.807, 2.05) is 0 Å². The van der Waals surface area contributed by atoms with Gasteiger partial charge >= 0.3 is 5.97 Å². The van der Waals surface area contributed by atoms with Crippen molar-refractivity contribution in [1.29, 1.82) is 0 Å². The van der Waals surface area contributed by atoms with Crippen LogP contribution in [0, 0.1) is 0 Å². The molecule has 0 aliphatic carbocycles. The molecule has 0 aliphatic rings. The Morgan fingerprint density at radius 2 is 1.59 bits per heavy atom.